The molecule has 0 amide bonds. The van der Waals surface area contributed by atoms with Gasteiger partial charge in [-0.3, -0.25) is 0 Å². The first kappa shape index (κ1) is 13.6. The monoisotopic (exact) mass is 302 g/mol. The van der Waals surface area contributed by atoms with Gasteiger partial charge in [-0.05, 0) is 31.2 Å². The third kappa shape index (κ3) is 2.27. The van der Waals surface area contributed by atoms with E-state index in [1.165, 1.54) is 17.3 Å². The van der Waals surface area contributed by atoms with Crippen LogP contribution in [0.3, 0.4) is 0 Å². The van der Waals surface area contributed by atoms with E-state index in [1.54, 1.807) is 42.5 Å². The highest BCUT2D eigenvalue weighted by atomic mass is 32.2. The van der Waals surface area contributed by atoms with Crippen molar-refractivity contribution >= 4 is 21.1 Å². The van der Waals surface area contributed by atoms with Crippen LogP contribution in [0.2, 0.25) is 0 Å². The zero-order valence-electron chi connectivity index (χ0n) is 11.6. The van der Waals surface area contributed by atoms with Crippen LogP contribution in [0.4, 0.5) is 0 Å². The van der Waals surface area contributed by atoms with Crippen molar-refractivity contribution in [1.82, 2.24) is 8.96 Å². The van der Waals surface area contributed by atoms with Crippen molar-refractivity contribution in [3.8, 4) is 5.88 Å². The van der Waals surface area contributed by atoms with Gasteiger partial charge in [0.1, 0.15) is 0 Å². The molecule has 2 heterocycles. The first-order valence-corrected chi connectivity index (χ1v) is 7.81. The van der Waals surface area contributed by atoms with Crippen LogP contribution in [-0.2, 0) is 10.0 Å². The normalized spacial score (nSPS) is 11.7. The second-order valence-electron chi connectivity index (χ2n) is 4.69. The first-order chi connectivity index (χ1) is 10.0. The minimum absolute atomic E-state index is 0.251. The third-order valence-corrected chi connectivity index (χ3v) is 4.97. The molecule has 2 aromatic heterocycles. The number of ether oxygens (including phenoxy) is 1. The molecule has 0 atom stereocenters. The van der Waals surface area contributed by atoms with Crippen molar-refractivity contribution in [3.05, 3.63) is 54.2 Å². The van der Waals surface area contributed by atoms with E-state index in [2.05, 4.69) is 4.98 Å². The highest BCUT2D eigenvalue weighted by molar-refractivity contribution is 7.90. The molecule has 0 aliphatic heterocycles. The number of pyridine rings is 1. The lowest BCUT2D eigenvalue weighted by molar-refractivity contribution is 0.399. The van der Waals surface area contributed by atoms with Crippen molar-refractivity contribution < 1.29 is 13.2 Å². The Kier molecular flexibility index (Phi) is 3.17. The minimum atomic E-state index is -3.62. The first-order valence-electron chi connectivity index (χ1n) is 6.37. The molecule has 0 saturated carbocycles. The lowest BCUT2D eigenvalue weighted by Crippen LogP contribution is -2.11. The number of aromatic nitrogens is 2. The van der Waals surface area contributed by atoms with E-state index in [0.717, 1.165) is 5.56 Å². The van der Waals surface area contributed by atoms with Crippen LogP contribution in [0.15, 0.2) is 53.6 Å². The van der Waals surface area contributed by atoms with E-state index in [-0.39, 0.29) is 4.90 Å². The van der Waals surface area contributed by atoms with E-state index in [9.17, 15) is 8.42 Å². The fourth-order valence-electron chi connectivity index (χ4n) is 2.12. The number of rotatable bonds is 3. The van der Waals surface area contributed by atoms with Crippen LogP contribution in [-0.4, -0.2) is 24.5 Å². The van der Waals surface area contributed by atoms with Gasteiger partial charge in [0.25, 0.3) is 10.0 Å². The van der Waals surface area contributed by atoms with Crippen molar-refractivity contribution in [2.75, 3.05) is 7.11 Å². The summed E-state index contributed by atoms with van der Waals surface area (Å²) < 4.78 is 31.6. The molecule has 21 heavy (non-hydrogen) atoms. The molecule has 108 valence electrons. The summed E-state index contributed by atoms with van der Waals surface area (Å²) in [6.45, 7) is 1.91. The Morgan fingerprint density at radius 1 is 1.05 bits per heavy atom. The summed E-state index contributed by atoms with van der Waals surface area (Å²) in [5, 5.41) is 0. The van der Waals surface area contributed by atoms with Crippen LogP contribution >= 0.6 is 0 Å². The second-order valence-corrected chi connectivity index (χ2v) is 6.50. The van der Waals surface area contributed by atoms with Gasteiger partial charge < -0.3 is 4.74 Å². The molecular formula is C15H14N2O3S. The van der Waals surface area contributed by atoms with Crippen molar-refractivity contribution in [2.24, 2.45) is 0 Å². The highest BCUT2D eigenvalue weighted by Crippen LogP contribution is 2.23. The Hall–Kier alpha value is -2.34. The average molecular weight is 302 g/mol. The second kappa shape index (κ2) is 4.89. The maximum Gasteiger partial charge on any atom is 0.268 e. The molecule has 0 saturated heterocycles. The molecule has 5 nitrogen and oxygen atoms in total. The van der Waals surface area contributed by atoms with Crippen molar-refractivity contribution in [3.63, 3.8) is 0 Å². The Morgan fingerprint density at radius 2 is 1.76 bits per heavy atom. The van der Waals surface area contributed by atoms with Crippen LogP contribution in [0.5, 0.6) is 5.88 Å². The van der Waals surface area contributed by atoms with E-state index >= 15 is 0 Å². The molecule has 0 aliphatic rings. The Labute approximate surface area is 122 Å². The molecule has 6 heteroatoms. The van der Waals surface area contributed by atoms with E-state index in [0.29, 0.717) is 16.9 Å². The number of methoxy groups -OCH3 is 1. The zero-order chi connectivity index (χ0) is 15.0. The number of aryl methyl sites for hydroxylation is 1. The molecule has 1 aromatic carbocycles. The fourth-order valence-corrected chi connectivity index (χ4v) is 3.47. The molecule has 0 bridgehead atoms. The Bertz CT molecular complexity index is 896. The average Bonchev–Trinajstić information content (AvgIpc) is 2.91. The summed E-state index contributed by atoms with van der Waals surface area (Å²) in [5.74, 6) is 0.452. The standard InChI is InChI=1S/C15H14N2O3S/c1-11-3-5-12(6-4-11)21(18,19)17-10-9-13-14(17)7-8-15(16-13)20-2/h3-10H,1-2H3. The fraction of sp³-hybridized carbons (Fsp3) is 0.133. The predicted molar refractivity (Wildman–Crippen MR) is 80.0 cm³/mol. The number of hydrogen-bond donors (Lipinski definition) is 0. The van der Waals surface area contributed by atoms with Gasteiger partial charge in [-0.15, -0.1) is 0 Å². The zero-order valence-corrected chi connectivity index (χ0v) is 12.5. The number of hydrogen-bond acceptors (Lipinski definition) is 4. The van der Waals surface area contributed by atoms with E-state index in [1.807, 2.05) is 6.92 Å². The van der Waals surface area contributed by atoms with Crippen molar-refractivity contribution in [1.29, 1.82) is 0 Å². The molecule has 0 aliphatic carbocycles. The predicted octanol–water partition coefficient (Wildman–Crippen LogP) is 2.59. The van der Waals surface area contributed by atoms with Gasteiger partial charge in [0.2, 0.25) is 5.88 Å². The van der Waals surface area contributed by atoms with Gasteiger partial charge in [-0.1, -0.05) is 17.7 Å². The quantitative estimate of drug-likeness (QED) is 0.746. The molecule has 0 fully saturated rings. The number of fused-ring (bicyclic) bond motifs is 1. The molecule has 0 unspecified atom stereocenters. The summed E-state index contributed by atoms with van der Waals surface area (Å²) in [7, 11) is -2.10. The summed E-state index contributed by atoms with van der Waals surface area (Å²) in [4.78, 5) is 4.48. The molecule has 0 radical (unpaired) electrons. The van der Waals surface area contributed by atoms with Crippen LogP contribution in [0.1, 0.15) is 5.56 Å². The van der Waals surface area contributed by atoms with Gasteiger partial charge in [-0.25, -0.2) is 17.4 Å². The van der Waals surface area contributed by atoms with Crippen molar-refractivity contribution in [2.45, 2.75) is 11.8 Å². The lowest BCUT2D eigenvalue weighted by atomic mass is 10.2. The Balaban J connectivity index is 2.17. The summed E-state index contributed by atoms with van der Waals surface area (Å²) in [6, 6.07) is 11.8. The summed E-state index contributed by atoms with van der Waals surface area (Å²) >= 11 is 0. The highest BCUT2D eigenvalue weighted by Gasteiger charge is 2.19. The number of nitrogens with zero attached hydrogens (tertiary/aromatic N) is 2. The van der Waals surface area contributed by atoms with E-state index in [4.69, 9.17) is 4.74 Å². The van der Waals surface area contributed by atoms with Crippen LogP contribution < -0.4 is 4.74 Å². The molecule has 0 N–H and O–H groups in total. The van der Waals surface area contributed by atoms with Gasteiger partial charge in [-0.2, -0.15) is 0 Å². The molecular weight excluding hydrogens is 288 g/mol. The molecule has 0 spiro atoms. The molecule has 3 aromatic rings. The smallest absolute Gasteiger partial charge is 0.268 e. The van der Waals surface area contributed by atoms with Crippen LogP contribution in [0.25, 0.3) is 11.0 Å². The minimum Gasteiger partial charge on any atom is -0.481 e. The maximum absolute atomic E-state index is 12.7. The molecule has 3 rings (SSSR count). The largest absolute Gasteiger partial charge is 0.481 e. The van der Waals surface area contributed by atoms with Gasteiger partial charge in [0, 0.05) is 12.3 Å². The van der Waals surface area contributed by atoms with Gasteiger partial charge in [0.05, 0.1) is 23.0 Å². The SMILES string of the molecule is COc1ccc2c(ccn2S(=O)(=O)c2ccc(C)cc2)n1. The topological polar surface area (TPSA) is 61.2 Å². The van der Waals surface area contributed by atoms with E-state index < -0.39 is 10.0 Å². The summed E-state index contributed by atoms with van der Waals surface area (Å²) in [5.41, 5.74) is 2.11. The van der Waals surface area contributed by atoms with Gasteiger partial charge >= 0.3 is 0 Å². The summed E-state index contributed by atoms with van der Waals surface area (Å²) in [6.07, 6.45) is 1.51. The van der Waals surface area contributed by atoms with Crippen LogP contribution in [0, 0.1) is 6.92 Å². The Morgan fingerprint density at radius 3 is 2.43 bits per heavy atom. The maximum atomic E-state index is 12.7. The third-order valence-electron chi connectivity index (χ3n) is 3.27. The lowest BCUT2D eigenvalue weighted by Gasteiger charge is -2.08. The number of benzene rings is 1. The van der Waals surface area contributed by atoms with Gasteiger partial charge in [0.15, 0.2) is 0 Å².